The highest BCUT2D eigenvalue weighted by atomic mass is 16.7. The molecule has 14 nitrogen and oxygen atoms in total. The number of rotatable bonds is 71. The molecule has 0 saturated carbocycles. The average molecular weight is 1470 g/mol. The van der Waals surface area contributed by atoms with E-state index in [9.17, 15) is 45.6 Å². The van der Waals surface area contributed by atoms with E-state index in [0.29, 0.717) is 12.8 Å². The van der Waals surface area contributed by atoms with Crippen LogP contribution in [0.2, 0.25) is 0 Å². The zero-order chi connectivity index (χ0) is 75.8. The maximum absolute atomic E-state index is 13.4. The molecule has 0 aromatic rings. The van der Waals surface area contributed by atoms with Crippen LogP contribution < -0.4 is 5.32 Å². The predicted molar refractivity (Wildman–Crippen MR) is 438 cm³/mol. The maximum atomic E-state index is 13.4. The molecule has 0 aromatic heterocycles. The van der Waals surface area contributed by atoms with Crippen LogP contribution in [-0.2, 0) is 23.7 Å². The molecule has 9 N–H and O–H groups in total. The number of aliphatic hydroxyl groups excluding tert-OH is 8. The van der Waals surface area contributed by atoms with Crippen molar-refractivity contribution in [1.82, 2.24) is 5.32 Å². The summed E-state index contributed by atoms with van der Waals surface area (Å²) in [5.74, 6) is -0.251. The van der Waals surface area contributed by atoms with Gasteiger partial charge in [-0.2, -0.15) is 0 Å². The second kappa shape index (κ2) is 73.0. The zero-order valence-corrected chi connectivity index (χ0v) is 66.4. The van der Waals surface area contributed by atoms with Gasteiger partial charge in [-0.15, -0.1) is 0 Å². The van der Waals surface area contributed by atoms with Crippen molar-refractivity contribution >= 4 is 5.91 Å². The Morgan fingerprint density at radius 3 is 1.05 bits per heavy atom. The van der Waals surface area contributed by atoms with E-state index < -0.39 is 86.8 Å². The first kappa shape index (κ1) is 97.2. The first-order valence-electron chi connectivity index (χ1n) is 42.9. The number of ether oxygens (including phenoxy) is 4. The third kappa shape index (κ3) is 55.2. The first-order valence-corrected chi connectivity index (χ1v) is 42.9. The van der Waals surface area contributed by atoms with E-state index in [2.05, 4.69) is 141 Å². The number of hydrogen-bond acceptors (Lipinski definition) is 13. The smallest absolute Gasteiger partial charge is 0.220 e. The van der Waals surface area contributed by atoms with Gasteiger partial charge in [0.2, 0.25) is 5.91 Å². The van der Waals surface area contributed by atoms with E-state index in [1.54, 1.807) is 6.08 Å². The van der Waals surface area contributed by atoms with E-state index in [4.69, 9.17) is 18.9 Å². The molecule has 105 heavy (non-hydrogen) atoms. The Morgan fingerprint density at radius 2 is 0.667 bits per heavy atom. The van der Waals surface area contributed by atoms with Gasteiger partial charge < -0.3 is 65.1 Å². The van der Waals surface area contributed by atoms with E-state index in [0.717, 1.165) is 96.3 Å². The Balaban J connectivity index is 1.61. The van der Waals surface area contributed by atoms with Crippen LogP contribution in [0.1, 0.15) is 341 Å². The molecule has 0 radical (unpaired) electrons. The van der Waals surface area contributed by atoms with Crippen LogP contribution in [0.25, 0.3) is 0 Å². The number of unbranched alkanes of at least 4 members (excludes halogenated alkanes) is 38. The molecule has 604 valence electrons. The van der Waals surface area contributed by atoms with Gasteiger partial charge >= 0.3 is 0 Å². The maximum Gasteiger partial charge on any atom is 0.220 e. The summed E-state index contributed by atoms with van der Waals surface area (Å²) >= 11 is 0. The fourth-order valence-corrected chi connectivity index (χ4v) is 13.4. The van der Waals surface area contributed by atoms with Crippen LogP contribution in [0, 0.1) is 0 Å². The standard InChI is InChI=1S/C91H157NO13/c1-3-5-7-9-11-13-15-17-19-21-23-25-27-29-31-33-35-36-37-38-39-40-41-42-43-44-45-47-49-51-53-55-57-59-61-63-65-67-69-71-73-75-83(96)92-79(78-102-90-88(101)86(99)89(82(77-94)104-90)105-91-87(100)85(98)84(97)81(76-93)103-91)80(95)74-72-70-68-66-64-62-60-58-56-54-52-50-48-46-34-32-30-28-26-24-22-20-18-16-14-12-10-8-6-4-2/h5,7,11,13,17,19,23,25,29,31,35-36,38-39,41-42,44-45,64,66,72,74,79-82,84-91,93-95,97-101H,3-4,6,8-10,12,14-16,18,20-22,24,26-28,30,32-34,37,40,43,46-63,65,67-71,73,75-78H2,1-2H3,(H,92,96)/b7-5-,13-11-,19-17-,25-23-,31-29-,36-35-,39-38-,42-41-,45-44-,66-64+,74-72+. The number of carbonyl (C=O) groups is 1. The highest BCUT2D eigenvalue weighted by Gasteiger charge is 2.51. The lowest BCUT2D eigenvalue weighted by molar-refractivity contribution is -0.359. The van der Waals surface area contributed by atoms with Gasteiger partial charge in [0.25, 0.3) is 0 Å². The molecule has 14 heteroatoms. The zero-order valence-electron chi connectivity index (χ0n) is 66.4. The molecule has 0 bridgehead atoms. The molecule has 2 heterocycles. The Hall–Kier alpha value is -3.87. The average Bonchev–Trinajstić information content (AvgIpc) is 0.769. The monoisotopic (exact) mass is 1470 g/mol. The van der Waals surface area contributed by atoms with Crippen LogP contribution >= 0.6 is 0 Å². The summed E-state index contributed by atoms with van der Waals surface area (Å²) in [7, 11) is 0. The fraction of sp³-hybridized carbons (Fsp3) is 0.747. The van der Waals surface area contributed by atoms with Crippen molar-refractivity contribution < 1.29 is 64.6 Å². The second-order valence-corrected chi connectivity index (χ2v) is 29.6. The molecule has 0 aromatic carbocycles. The Kier molecular flexibility index (Phi) is 67.5. The summed E-state index contributed by atoms with van der Waals surface area (Å²) in [6.07, 6.45) is 92.6. The van der Waals surface area contributed by atoms with E-state index in [-0.39, 0.29) is 18.9 Å². The molecule has 12 unspecified atom stereocenters. The SMILES string of the molecule is CC/C=C\C/C=C\C/C=C\C/C=C\C/C=C\C/C=C\C/C=C\C/C=C\C/C=C\CCCCCCCCCCCCCCCC(=O)NC(COC1OC(CO)C(OC2OC(CO)C(O)C(O)C2O)C(O)C1O)C(O)/C=C/CC/C=C/CCCCCCCCCCCCCCCCCCCCCCCCCC. The third-order valence-corrected chi connectivity index (χ3v) is 20.1. The van der Waals surface area contributed by atoms with Crippen LogP contribution in [-0.4, -0.2) is 140 Å². The van der Waals surface area contributed by atoms with Crippen LogP contribution in [0.3, 0.4) is 0 Å². The molecule has 0 spiro atoms. The quantitative estimate of drug-likeness (QED) is 0.0204. The van der Waals surface area contributed by atoms with Gasteiger partial charge in [0.15, 0.2) is 12.6 Å². The van der Waals surface area contributed by atoms with E-state index >= 15 is 0 Å². The number of nitrogens with one attached hydrogen (secondary N) is 1. The summed E-state index contributed by atoms with van der Waals surface area (Å²) in [6.45, 7) is 2.70. The summed E-state index contributed by atoms with van der Waals surface area (Å²) in [6, 6.07) is -0.942. The molecule has 2 saturated heterocycles. The van der Waals surface area contributed by atoms with Crippen molar-refractivity contribution in [3.8, 4) is 0 Å². The number of allylic oxidation sites excluding steroid dienone is 21. The summed E-state index contributed by atoms with van der Waals surface area (Å²) in [4.78, 5) is 13.4. The van der Waals surface area contributed by atoms with Crippen LogP contribution in [0.5, 0.6) is 0 Å². The summed E-state index contributed by atoms with van der Waals surface area (Å²) in [5.41, 5.74) is 0. The molecule has 1 amide bonds. The number of hydrogen-bond donors (Lipinski definition) is 9. The number of carbonyl (C=O) groups excluding carboxylic acids is 1. The molecule has 0 aliphatic carbocycles. The Bertz CT molecular complexity index is 2290. The van der Waals surface area contributed by atoms with Gasteiger partial charge in [-0.25, -0.2) is 0 Å². The van der Waals surface area contributed by atoms with Gasteiger partial charge in [0.1, 0.15) is 48.8 Å². The van der Waals surface area contributed by atoms with E-state index in [1.807, 2.05) is 6.08 Å². The van der Waals surface area contributed by atoms with Crippen molar-refractivity contribution in [1.29, 1.82) is 0 Å². The Labute approximate surface area is 641 Å². The third-order valence-electron chi connectivity index (χ3n) is 20.1. The molecule has 2 fully saturated rings. The minimum absolute atomic E-state index is 0.251. The lowest BCUT2D eigenvalue weighted by Crippen LogP contribution is -2.65. The Morgan fingerprint density at radius 1 is 0.352 bits per heavy atom. The summed E-state index contributed by atoms with van der Waals surface area (Å²) < 4.78 is 22.9. The van der Waals surface area contributed by atoms with Gasteiger partial charge in [0, 0.05) is 6.42 Å². The molecular formula is C91H157NO13. The molecule has 12 atom stereocenters. The van der Waals surface area contributed by atoms with Crippen molar-refractivity contribution in [2.24, 2.45) is 0 Å². The normalized spacial score (nSPS) is 22.1. The van der Waals surface area contributed by atoms with Crippen LogP contribution in [0.4, 0.5) is 0 Å². The van der Waals surface area contributed by atoms with Gasteiger partial charge in [-0.05, 0) is 103 Å². The largest absolute Gasteiger partial charge is 0.394 e. The molecule has 2 aliphatic rings. The number of aliphatic hydroxyl groups is 8. The van der Waals surface area contributed by atoms with Crippen molar-refractivity contribution in [3.63, 3.8) is 0 Å². The van der Waals surface area contributed by atoms with Gasteiger partial charge in [0.05, 0.1) is 32.0 Å². The highest BCUT2D eigenvalue weighted by Crippen LogP contribution is 2.30. The van der Waals surface area contributed by atoms with Gasteiger partial charge in [-0.1, -0.05) is 366 Å². The van der Waals surface area contributed by atoms with Crippen molar-refractivity contribution in [3.05, 3.63) is 134 Å². The lowest BCUT2D eigenvalue weighted by atomic mass is 9.97. The lowest BCUT2D eigenvalue weighted by Gasteiger charge is -2.46. The first-order chi connectivity index (χ1) is 51.6. The predicted octanol–water partition coefficient (Wildman–Crippen LogP) is 20.5. The molecule has 2 rings (SSSR count). The number of amides is 1. The molecule has 2 aliphatic heterocycles. The van der Waals surface area contributed by atoms with E-state index in [1.165, 1.54) is 212 Å². The minimum atomic E-state index is -1.80. The van der Waals surface area contributed by atoms with Crippen molar-refractivity contribution in [2.75, 3.05) is 19.8 Å². The highest BCUT2D eigenvalue weighted by molar-refractivity contribution is 5.76. The van der Waals surface area contributed by atoms with Crippen molar-refractivity contribution in [2.45, 2.75) is 415 Å². The topological polar surface area (TPSA) is 228 Å². The minimum Gasteiger partial charge on any atom is -0.394 e. The van der Waals surface area contributed by atoms with Crippen LogP contribution in [0.15, 0.2) is 134 Å². The van der Waals surface area contributed by atoms with Gasteiger partial charge in [-0.3, -0.25) is 4.79 Å². The fourth-order valence-electron chi connectivity index (χ4n) is 13.4. The second-order valence-electron chi connectivity index (χ2n) is 29.6. The molecular weight excluding hydrogens is 1310 g/mol. The summed E-state index contributed by atoms with van der Waals surface area (Å²) in [5, 5.41) is 87.8.